The van der Waals surface area contributed by atoms with Crippen LogP contribution >= 0.6 is 11.8 Å². The number of thioether (sulfide) groups is 1. The van der Waals surface area contributed by atoms with Gasteiger partial charge >= 0.3 is 0 Å². The highest BCUT2D eigenvalue weighted by atomic mass is 32.2. The Labute approximate surface area is 127 Å². The van der Waals surface area contributed by atoms with E-state index >= 15 is 0 Å². The van der Waals surface area contributed by atoms with Gasteiger partial charge in [0.15, 0.2) is 0 Å². The summed E-state index contributed by atoms with van der Waals surface area (Å²) in [5.41, 5.74) is 1.86. The molecule has 2 nitrogen and oxygen atoms in total. The molecule has 0 aliphatic heterocycles. The molecule has 21 heavy (non-hydrogen) atoms. The molecular formula is C17H16FNOS. The molecule has 108 valence electrons. The minimum absolute atomic E-state index is 0.00399. The summed E-state index contributed by atoms with van der Waals surface area (Å²) in [5.74, 6) is 0.0160. The Morgan fingerprint density at radius 2 is 1.81 bits per heavy atom. The lowest BCUT2D eigenvalue weighted by atomic mass is 10.1. The molecule has 0 radical (unpaired) electrons. The van der Waals surface area contributed by atoms with Gasteiger partial charge in [0.2, 0.25) is 5.91 Å². The molecule has 4 heteroatoms. The Morgan fingerprint density at radius 3 is 2.43 bits per heavy atom. The Balaban J connectivity index is 1.60. The van der Waals surface area contributed by atoms with Crippen LogP contribution in [0.4, 0.5) is 10.1 Å². The predicted octanol–water partition coefficient (Wildman–Crippen LogP) is 4.29. The monoisotopic (exact) mass is 301 g/mol. The van der Waals surface area contributed by atoms with Crippen LogP contribution in [0.2, 0.25) is 0 Å². The zero-order valence-corrected chi connectivity index (χ0v) is 12.5. The second-order valence-electron chi connectivity index (χ2n) is 5.22. The third-order valence-electron chi connectivity index (χ3n) is 3.78. The zero-order chi connectivity index (χ0) is 14.8. The van der Waals surface area contributed by atoms with Gasteiger partial charge in [-0.05, 0) is 60.6 Å². The number of nitrogens with one attached hydrogen (secondary N) is 1. The van der Waals surface area contributed by atoms with Crippen molar-refractivity contribution in [1.82, 2.24) is 0 Å². The van der Waals surface area contributed by atoms with Crippen LogP contribution in [0.1, 0.15) is 17.9 Å². The summed E-state index contributed by atoms with van der Waals surface area (Å²) in [7, 11) is 0. The summed E-state index contributed by atoms with van der Waals surface area (Å²) in [6, 6.07) is 14.2. The molecule has 2 atom stereocenters. The van der Waals surface area contributed by atoms with E-state index in [0.717, 1.165) is 17.7 Å². The van der Waals surface area contributed by atoms with Crippen LogP contribution in [-0.4, -0.2) is 12.2 Å². The fraction of sp³-hybridized carbons (Fsp3) is 0.235. The summed E-state index contributed by atoms with van der Waals surface area (Å²) in [6.07, 6.45) is 2.85. The maximum absolute atomic E-state index is 12.9. The fourth-order valence-corrected chi connectivity index (χ4v) is 2.88. The van der Waals surface area contributed by atoms with Crippen LogP contribution in [0.15, 0.2) is 53.4 Å². The number of amides is 1. The Morgan fingerprint density at radius 1 is 1.14 bits per heavy atom. The maximum atomic E-state index is 12.9. The molecular weight excluding hydrogens is 285 g/mol. The van der Waals surface area contributed by atoms with E-state index in [1.807, 2.05) is 30.5 Å². The average Bonchev–Trinajstić information content (AvgIpc) is 3.29. The average molecular weight is 301 g/mol. The topological polar surface area (TPSA) is 29.1 Å². The van der Waals surface area contributed by atoms with Crippen LogP contribution in [0, 0.1) is 11.7 Å². The molecule has 1 amide bonds. The highest BCUT2D eigenvalue weighted by Crippen LogP contribution is 2.48. The van der Waals surface area contributed by atoms with Crippen LogP contribution in [-0.2, 0) is 4.79 Å². The summed E-state index contributed by atoms with van der Waals surface area (Å²) in [4.78, 5) is 13.4. The van der Waals surface area contributed by atoms with Crippen LogP contribution < -0.4 is 5.32 Å². The number of carbonyl (C=O) groups excluding carboxylic acids is 1. The second kappa shape index (κ2) is 5.90. The van der Waals surface area contributed by atoms with Crippen molar-refractivity contribution in [2.45, 2.75) is 17.2 Å². The standard InChI is InChI=1S/C17H16FNOS/c1-21-14-8-6-13(7-9-14)19-17(20)16-10-15(16)11-2-4-12(18)5-3-11/h2-9,15-16H,10H2,1H3,(H,19,20). The highest BCUT2D eigenvalue weighted by molar-refractivity contribution is 7.98. The molecule has 1 fully saturated rings. The number of carbonyl (C=O) groups is 1. The smallest absolute Gasteiger partial charge is 0.228 e. The number of hydrogen-bond acceptors (Lipinski definition) is 2. The van der Waals surface area contributed by atoms with Crippen molar-refractivity contribution < 1.29 is 9.18 Å². The molecule has 0 spiro atoms. The first-order chi connectivity index (χ1) is 10.2. The van der Waals surface area contributed by atoms with E-state index in [4.69, 9.17) is 0 Å². The van der Waals surface area contributed by atoms with Crippen molar-refractivity contribution in [1.29, 1.82) is 0 Å². The van der Waals surface area contributed by atoms with Crippen molar-refractivity contribution in [3.05, 3.63) is 59.9 Å². The molecule has 1 aliphatic carbocycles. The van der Waals surface area contributed by atoms with E-state index < -0.39 is 0 Å². The van der Waals surface area contributed by atoms with E-state index in [2.05, 4.69) is 5.32 Å². The molecule has 0 saturated heterocycles. The SMILES string of the molecule is CSc1ccc(NC(=O)C2CC2c2ccc(F)cc2)cc1. The van der Waals surface area contributed by atoms with Crippen molar-refractivity contribution in [2.75, 3.05) is 11.6 Å². The Kier molecular flexibility index (Phi) is 3.97. The van der Waals surface area contributed by atoms with Gasteiger partial charge in [-0.2, -0.15) is 0 Å². The third-order valence-corrected chi connectivity index (χ3v) is 4.53. The van der Waals surface area contributed by atoms with E-state index in [1.165, 1.54) is 17.0 Å². The van der Waals surface area contributed by atoms with E-state index in [1.54, 1.807) is 23.9 Å². The lowest BCUT2D eigenvalue weighted by Gasteiger charge is -2.06. The van der Waals surface area contributed by atoms with Gasteiger partial charge in [-0.3, -0.25) is 4.79 Å². The van der Waals surface area contributed by atoms with Gasteiger partial charge in [-0.1, -0.05) is 12.1 Å². The van der Waals surface area contributed by atoms with Gasteiger partial charge in [0.1, 0.15) is 5.82 Å². The van der Waals surface area contributed by atoms with Gasteiger partial charge in [0.05, 0.1) is 0 Å². The normalized spacial score (nSPS) is 20.1. The lowest BCUT2D eigenvalue weighted by molar-refractivity contribution is -0.117. The van der Waals surface area contributed by atoms with Crippen molar-refractivity contribution >= 4 is 23.4 Å². The van der Waals surface area contributed by atoms with E-state index in [0.29, 0.717) is 0 Å². The minimum Gasteiger partial charge on any atom is -0.326 e. The van der Waals surface area contributed by atoms with Crippen molar-refractivity contribution in [3.8, 4) is 0 Å². The van der Waals surface area contributed by atoms with Crippen LogP contribution in [0.25, 0.3) is 0 Å². The molecule has 0 heterocycles. The third kappa shape index (κ3) is 3.27. The Hall–Kier alpha value is -1.81. The maximum Gasteiger partial charge on any atom is 0.228 e. The number of anilines is 1. The first kappa shape index (κ1) is 14.1. The molecule has 2 aromatic rings. The van der Waals surface area contributed by atoms with Crippen LogP contribution in [0.3, 0.4) is 0 Å². The van der Waals surface area contributed by atoms with Crippen LogP contribution in [0.5, 0.6) is 0 Å². The molecule has 0 bridgehead atoms. The van der Waals surface area contributed by atoms with E-state index in [9.17, 15) is 9.18 Å². The first-order valence-corrected chi connectivity index (χ1v) is 8.10. The van der Waals surface area contributed by atoms with Crippen molar-refractivity contribution in [2.24, 2.45) is 5.92 Å². The van der Waals surface area contributed by atoms with Gasteiger partial charge in [0.25, 0.3) is 0 Å². The quantitative estimate of drug-likeness (QED) is 0.854. The summed E-state index contributed by atoms with van der Waals surface area (Å²) in [5, 5.41) is 2.94. The molecule has 2 aromatic carbocycles. The number of halogens is 1. The summed E-state index contributed by atoms with van der Waals surface area (Å²) in [6.45, 7) is 0. The summed E-state index contributed by atoms with van der Waals surface area (Å²) < 4.78 is 12.9. The van der Waals surface area contributed by atoms with Gasteiger partial charge in [-0.25, -0.2) is 4.39 Å². The second-order valence-corrected chi connectivity index (χ2v) is 6.10. The van der Waals surface area contributed by atoms with E-state index in [-0.39, 0.29) is 23.6 Å². The predicted molar refractivity (Wildman–Crippen MR) is 84.1 cm³/mol. The first-order valence-electron chi connectivity index (χ1n) is 6.88. The number of rotatable bonds is 4. The molecule has 3 rings (SSSR count). The van der Waals surface area contributed by atoms with Gasteiger partial charge in [0, 0.05) is 16.5 Å². The lowest BCUT2D eigenvalue weighted by Crippen LogP contribution is -2.14. The fourth-order valence-electron chi connectivity index (χ4n) is 2.47. The van der Waals surface area contributed by atoms with Gasteiger partial charge in [-0.15, -0.1) is 11.8 Å². The molecule has 0 aromatic heterocycles. The number of hydrogen-bond donors (Lipinski definition) is 1. The van der Waals surface area contributed by atoms with Crippen molar-refractivity contribution in [3.63, 3.8) is 0 Å². The Bertz CT molecular complexity index is 639. The summed E-state index contributed by atoms with van der Waals surface area (Å²) >= 11 is 1.67. The van der Waals surface area contributed by atoms with Gasteiger partial charge < -0.3 is 5.32 Å². The highest BCUT2D eigenvalue weighted by Gasteiger charge is 2.43. The minimum atomic E-state index is -0.241. The largest absolute Gasteiger partial charge is 0.326 e. The molecule has 1 aliphatic rings. The molecule has 1 N–H and O–H groups in total. The molecule has 2 unspecified atom stereocenters. The molecule has 1 saturated carbocycles. The number of benzene rings is 2. The zero-order valence-electron chi connectivity index (χ0n) is 11.7.